The molecule has 4 nitrogen and oxygen atoms in total. The average Bonchev–Trinajstić information content (AvgIpc) is 2.89. The maximum atomic E-state index is 12.7. The Morgan fingerprint density at radius 2 is 2.00 bits per heavy atom. The van der Waals surface area contributed by atoms with Crippen molar-refractivity contribution < 1.29 is 14.7 Å². The maximum Gasteiger partial charge on any atom is 0.307 e. The van der Waals surface area contributed by atoms with Gasteiger partial charge < -0.3 is 10.0 Å². The summed E-state index contributed by atoms with van der Waals surface area (Å²) in [6, 6.07) is 3.71. The van der Waals surface area contributed by atoms with Crippen LogP contribution in [-0.2, 0) is 16.1 Å². The van der Waals surface area contributed by atoms with E-state index in [0.717, 1.165) is 4.88 Å². The van der Waals surface area contributed by atoms with Crippen LogP contribution in [0.3, 0.4) is 0 Å². The molecule has 0 fully saturated rings. The fraction of sp³-hybridized carbons (Fsp3) is 0.467. The van der Waals surface area contributed by atoms with E-state index in [-0.39, 0.29) is 5.91 Å². The van der Waals surface area contributed by atoms with Gasteiger partial charge in [-0.2, -0.15) is 0 Å². The highest BCUT2D eigenvalue weighted by atomic mass is 35.5. The van der Waals surface area contributed by atoms with Gasteiger partial charge in [0, 0.05) is 11.4 Å². The molecule has 2 unspecified atom stereocenters. The SMILES string of the molecule is CCN(Cc1ccc(Cl)s1)C(=O)C1CC=CCC1C(=O)O. The van der Waals surface area contributed by atoms with E-state index in [9.17, 15) is 14.7 Å². The number of nitrogens with zero attached hydrogens (tertiary/aromatic N) is 1. The first-order chi connectivity index (χ1) is 10.0. The van der Waals surface area contributed by atoms with Crippen molar-refractivity contribution in [2.45, 2.75) is 26.3 Å². The van der Waals surface area contributed by atoms with Crippen molar-refractivity contribution in [3.8, 4) is 0 Å². The summed E-state index contributed by atoms with van der Waals surface area (Å²) in [7, 11) is 0. The molecule has 6 heteroatoms. The van der Waals surface area contributed by atoms with Crippen molar-refractivity contribution in [2.75, 3.05) is 6.54 Å². The van der Waals surface area contributed by atoms with Gasteiger partial charge in [-0.25, -0.2) is 0 Å². The third kappa shape index (κ3) is 3.86. The number of carboxylic acid groups (broad SMARTS) is 1. The van der Waals surface area contributed by atoms with Crippen LogP contribution in [0.5, 0.6) is 0 Å². The predicted molar refractivity (Wildman–Crippen MR) is 83.4 cm³/mol. The zero-order valence-electron chi connectivity index (χ0n) is 11.8. The second-order valence-corrected chi connectivity index (χ2v) is 6.85. The number of amides is 1. The van der Waals surface area contributed by atoms with E-state index in [1.807, 2.05) is 31.2 Å². The number of thiophene rings is 1. The molecule has 21 heavy (non-hydrogen) atoms. The van der Waals surface area contributed by atoms with Gasteiger partial charge >= 0.3 is 5.97 Å². The maximum absolute atomic E-state index is 12.7. The zero-order chi connectivity index (χ0) is 15.4. The van der Waals surface area contributed by atoms with Gasteiger partial charge in [0.05, 0.1) is 22.7 Å². The highest BCUT2D eigenvalue weighted by Gasteiger charge is 2.36. The number of carboxylic acids is 1. The number of hydrogen-bond donors (Lipinski definition) is 1. The molecular formula is C15H18ClNO3S. The molecule has 2 atom stereocenters. The normalized spacial score (nSPS) is 21.2. The third-order valence-electron chi connectivity index (χ3n) is 3.74. The second-order valence-electron chi connectivity index (χ2n) is 5.05. The van der Waals surface area contributed by atoms with Crippen LogP contribution in [0, 0.1) is 11.8 Å². The van der Waals surface area contributed by atoms with E-state index in [2.05, 4.69) is 0 Å². The minimum Gasteiger partial charge on any atom is -0.481 e. The van der Waals surface area contributed by atoms with Gasteiger partial charge in [0.15, 0.2) is 0 Å². The van der Waals surface area contributed by atoms with Crippen molar-refractivity contribution in [3.63, 3.8) is 0 Å². The number of allylic oxidation sites excluding steroid dienone is 2. The number of carbonyl (C=O) groups excluding carboxylic acids is 1. The van der Waals surface area contributed by atoms with E-state index in [1.165, 1.54) is 11.3 Å². The molecule has 0 spiro atoms. The average molecular weight is 328 g/mol. The van der Waals surface area contributed by atoms with Crippen LogP contribution in [0.2, 0.25) is 4.34 Å². The van der Waals surface area contributed by atoms with Gasteiger partial charge in [0.1, 0.15) is 0 Å². The number of halogens is 1. The molecule has 2 rings (SSSR count). The topological polar surface area (TPSA) is 57.6 Å². The molecule has 1 heterocycles. The summed E-state index contributed by atoms with van der Waals surface area (Å²) in [5.74, 6) is -2.07. The van der Waals surface area contributed by atoms with Crippen LogP contribution in [-0.4, -0.2) is 28.4 Å². The Balaban J connectivity index is 2.11. The third-order valence-corrected chi connectivity index (χ3v) is 4.95. The number of hydrogen-bond acceptors (Lipinski definition) is 3. The minimum absolute atomic E-state index is 0.0845. The predicted octanol–water partition coefficient (Wildman–Crippen LogP) is 3.42. The first-order valence-electron chi connectivity index (χ1n) is 6.93. The Hall–Kier alpha value is -1.33. The molecule has 0 aromatic carbocycles. The van der Waals surface area contributed by atoms with Gasteiger partial charge in [-0.05, 0) is 31.9 Å². The molecule has 1 aliphatic rings. The lowest BCUT2D eigenvalue weighted by molar-refractivity contribution is -0.150. The summed E-state index contributed by atoms with van der Waals surface area (Å²) in [6.07, 6.45) is 4.67. The summed E-state index contributed by atoms with van der Waals surface area (Å²) in [5, 5.41) is 9.29. The van der Waals surface area contributed by atoms with Gasteiger partial charge in [0.2, 0.25) is 5.91 Å². The van der Waals surface area contributed by atoms with Crippen molar-refractivity contribution in [3.05, 3.63) is 33.5 Å². The first-order valence-corrected chi connectivity index (χ1v) is 8.13. The molecular weight excluding hydrogens is 310 g/mol. The van der Waals surface area contributed by atoms with Crippen LogP contribution >= 0.6 is 22.9 Å². The zero-order valence-corrected chi connectivity index (χ0v) is 13.4. The molecule has 0 radical (unpaired) electrons. The fourth-order valence-electron chi connectivity index (χ4n) is 2.56. The van der Waals surface area contributed by atoms with Gasteiger partial charge in [-0.15, -0.1) is 11.3 Å². The van der Waals surface area contributed by atoms with Gasteiger partial charge in [-0.3, -0.25) is 9.59 Å². The smallest absolute Gasteiger partial charge is 0.307 e. The quantitative estimate of drug-likeness (QED) is 0.843. The van der Waals surface area contributed by atoms with E-state index in [0.29, 0.717) is 30.3 Å². The second kappa shape index (κ2) is 7.09. The largest absolute Gasteiger partial charge is 0.481 e. The van der Waals surface area contributed by atoms with Gasteiger partial charge in [0.25, 0.3) is 0 Å². The van der Waals surface area contributed by atoms with Crippen LogP contribution in [0.15, 0.2) is 24.3 Å². The van der Waals surface area contributed by atoms with E-state index in [4.69, 9.17) is 11.6 Å². The molecule has 0 saturated carbocycles. The number of carbonyl (C=O) groups is 2. The minimum atomic E-state index is -0.895. The van der Waals surface area contributed by atoms with E-state index >= 15 is 0 Å². The fourth-order valence-corrected chi connectivity index (χ4v) is 3.67. The monoisotopic (exact) mass is 327 g/mol. The molecule has 0 bridgehead atoms. The highest BCUT2D eigenvalue weighted by Crippen LogP contribution is 2.29. The molecule has 1 aromatic rings. The molecule has 1 aromatic heterocycles. The summed E-state index contributed by atoms with van der Waals surface area (Å²) in [5.41, 5.74) is 0. The van der Waals surface area contributed by atoms with Crippen LogP contribution in [0.1, 0.15) is 24.6 Å². The van der Waals surface area contributed by atoms with E-state index in [1.54, 1.807) is 4.90 Å². The Kier molecular flexibility index (Phi) is 5.42. The highest BCUT2D eigenvalue weighted by molar-refractivity contribution is 7.16. The van der Waals surface area contributed by atoms with Gasteiger partial charge in [-0.1, -0.05) is 23.8 Å². The molecule has 1 amide bonds. The summed E-state index contributed by atoms with van der Waals surface area (Å²) >= 11 is 7.35. The molecule has 1 aliphatic carbocycles. The first kappa shape index (κ1) is 16.0. The Labute approximate surface area is 133 Å². The van der Waals surface area contributed by atoms with E-state index < -0.39 is 17.8 Å². The molecule has 0 aliphatic heterocycles. The van der Waals surface area contributed by atoms with Crippen LogP contribution in [0.4, 0.5) is 0 Å². The molecule has 114 valence electrons. The Bertz CT molecular complexity index is 555. The van der Waals surface area contributed by atoms with Crippen molar-refractivity contribution in [2.24, 2.45) is 11.8 Å². The summed E-state index contributed by atoms with van der Waals surface area (Å²) in [6.45, 7) is 2.95. The number of aliphatic carboxylic acids is 1. The standard InChI is InChI=1S/C15H18ClNO3S/c1-2-17(9-10-7-8-13(16)21-10)14(18)11-5-3-4-6-12(11)15(19)20/h3-4,7-8,11-12H,2,5-6,9H2,1H3,(H,19,20). The lowest BCUT2D eigenvalue weighted by atomic mass is 9.82. The van der Waals surface area contributed by atoms with Crippen molar-refractivity contribution in [1.29, 1.82) is 0 Å². The van der Waals surface area contributed by atoms with Crippen LogP contribution in [0.25, 0.3) is 0 Å². The number of rotatable bonds is 5. The van der Waals surface area contributed by atoms with Crippen LogP contribution < -0.4 is 0 Å². The summed E-state index contributed by atoms with van der Waals surface area (Å²) < 4.78 is 0.692. The lowest BCUT2D eigenvalue weighted by Crippen LogP contribution is -2.41. The van der Waals surface area contributed by atoms with Crippen molar-refractivity contribution in [1.82, 2.24) is 4.90 Å². The molecule has 0 saturated heterocycles. The van der Waals surface area contributed by atoms with Crippen molar-refractivity contribution >= 4 is 34.8 Å². The lowest BCUT2D eigenvalue weighted by Gasteiger charge is -2.30. The summed E-state index contributed by atoms with van der Waals surface area (Å²) in [4.78, 5) is 26.7. The molecule has 1 N–H and O–H groups in total. The Morgan fingerprint density at radius 3 is 2.52 bits per heavy atom. The Morgan fingerprint density at radius 1 is 1.33 bits per heavy atom.